The molecule has 0 saturated heterocycles. The van der Waals surface area contributed by atoms with Gasteiger partial charge >= 0.3 is 5.97 Å². The summed E-state index contributed by atoms with van der Waals surface area (Å²) in [4.78, 5) is 10.6. The second-order valence-corrected chi connectivity index (χ2v) is 3.96. The molecule has 3 nitrogen and oxygen atoms in total. The predicted octanol–water partition coefficient (Wildman–Crippen LogP) is 2.56. The lowest BCUT2D eigenvalue weighted by Gasteiger charge is -2.08. The highest BCUT2D eigenvalue weighted by Gasteiger charge is 2.04. The van der Waals surface area contributed by atoms with E-state index in [4.69, 9.17) is 9.47 Å². The largest absolute Gasteiger partial charge is 0.496 e. The van der Waals surface area contributed by atoms with Crippen molar-refractivity contribution in [3.63, 3.8) is 0 Å². The lowest BCUT2D eigenvalue weighted by atomic mass is 10.1. The van der Waals surface area contributed by atoms with Gasteiger partial charge in [-0.15, -0.1) is 0 Å². The highest BCUT2D eigenvalue weighted by atomic mass is 79.9. The summed E-state index contributed by atoms with van der Waals surface area (Å²) in [5.41, 5.74) is 1.03. The third kappa shape index (κ3) is 3.91. The van der Waals surface area contributed by atoms with Crippen LogP contribution in [0.25, 0.3) is 0 Å². The Labute approximate surface area is 97.5 Å². The van der Waals surface area contributed by atoms with Gasteiger partial charge in [0, 0.05) is 17.8 Å². The zero-order valence-electron chi connectivity index (χ0n) is 8.75. The van der Waals surface area contributed by atoms with Crippen LogP contribution in [0.4, 0.5) is 0 Å². The van der Waals surface area contributed by atoms with E-state index in [-0.39, 0.29) is 5.97 Å². The first-order valence-corrected chi connectivity index (χ1v) is 5.38. The maximum atomic E-state index is 10.6. The summed E-state index contributed by atoms with van der Waals surface area (Å²) >= 11 is 3.36. The Bertz CT molecular complexity index is 350. The van der Waals surface area contributed by atoms with E-state index in [1.54, 1.807) is 7.11 Å². The molecule has 0 unspecified atom stereocenters. The van der Waals surface area contributed by atoms with Gasteiger partial charge in [0.05, 0.1) is 13.7 Å². The molecule has 0 atom stereocenters. The van der Waals surface area contributed by atoms with Gasteiger partial charge in [-0.05, 0) is 17.7 Å². The van der Waals surface area contributed by atoms with E-state index in [2.05, 4.69) is 15.9 Å². The number of hydrogen-bond acceptors (Lipinski definition) is 3. The molecule has 0 spiro atoms. The minimum atomic E-state index is -0.258. The molecule has 1 rings (SSSR count). The minimum absolute atomic E-state index is 0.258. The zero-order chi connectivity index (χ0) is 11.3. The number of halogens is 1. The molecule has 0 aromatic heterocycles. The molecule has 0 saturated carbocycles. The van der Waals surface area contributed by atoms with Gasteiger partial charge in [0.25, 0.3) is 0 Å². The van der Waals surface area contributed by atoms with Crippen molar-refractivity contribution in [1.82, 2.24) is 0 Å². The monoisotopic (exact) mass is 272 g/mol. The number of carbonyl (C=O) groups excluding carboxylic acids is 1. The topological polar surface area (TPSA) is 35.5 Å². The average molecular weight is 273 g/mol. The van der Waals surface area contributed by atoms with E-state index in [0.29, 0.717) is 13.0 Å². The number of rotatable bonds is 4. The van der Waals surface area contributed by atoms with Crippen molar-refractivity contribution in [2.75, 3.05) is 13.7 Å². The molecule has 0 N–H and O–H groups in total. The number of hydrogen-bond donors (Lipinski definition) is 0. The van der Waals surface area contributed by atoms with Crippen LogP contribution in [0, 0.1) is 0 Å². The molecular formula is C11H13BrO3. The Kier molecular flexibility index (Phi) is 4.62. The fourth-order valence-electron chi connectivity index (χ4n) is 1.23. The molecule has 0 aliphatic heterocycles. The molecule has 1 aromatic carbocycles. The van der Waals surface area contributed by atoms with Crippen LogP contribution in [0.3, 0.4) is 0 Å². The second-order valence-electron chi connectivity index (χ2n) is 3.05. The van der Waals surface area contributed by atoms with Gasteiger partial charge in [-0.25, -0.2) is 0 Å². The lowest BCUT2D eigenvalue weighted by Crippen LogP contribution is -2.04. The highest BCUT2D eigenvalue weighted by molar-refractivity contribution is 9.10. The smallest absolute Gasteiger partial charge is 0.302 e. The van der Waals surface area contributed by atoms with Gasteiger partial charge in [-0.2, -0.15) is 0 Å². The van der Waals surface area contributed by atoms with Crippen LogP contribution in [0.5, 0.6) is 5.75 Å². The van der Waals surface area contributed by atoms with Crippen molar-refractivity contribution in [3.05, 3.63) is 28.2 Å². The van der Waals surface area contributed by atoms with Crippen LogP contribution in [-0.4, -0.2) is 19.7 Å². The molecule has 0 amide bonds. The fraction of sp³-hybridized carbons (Fsp3) is 0.364. The first kappa shape index (κ1) is 12.0. The lowest BCUT2D eigenvalue weighted by molar-refractivity contribution is -0.140. The van der Waals surface area contributed by atoms with E-state index in [1.165, 1.54) is 6.92 Å². The van der Waals surface area contributed by atoms with Crippen LogP contribution in [0.2, 0.25) is 0 Å². The van der Waals surface area contributed by atoms with Crippen molar-refractivity contribution in [3.8, 4) is 5.75 Å². The van der Waals surface area contributed by atoms with Crippen molar-refractivity contribution in [2.24, 2.45) is 0 Å². The zero-order valence-corrected chi connectivity index (χ0v) is 10.3. The molecule has 0 bridgehead atoms. The Morgan fingerprint density at radius 2 is 2.20 bits per heavy atom. The van der Waals surface area contributed by atoms with E-state index in [1.807, 2.05) is 18.2 Å². The van der Waals surface area contributed by atoms with Gasteiger partial charge in [0.1, 0.15) is 5.75 Å². The summed E-state index contributed by atoms with van der Waals surface area (Å²) in [6.07, 6.45) is 0.663. The van der Waals surface area contributed by atoms with Gasteiger partial charge in [-0.1, -0.05) is 22.0 Å². The third-order valence-electron chi connectivity index (χ3n) is 1.93. The minimum Gasteiger partial charge on any atom is -0.496 e. The third-order valence-corrected chi connectivity index (χ3v) is 2.42. The summed E-state index contributed by atoms with van der Waals surface area (Å²) in [5, 5.41) is 0. The van der Waals surface area contributed by atoms with Crippen molar-refractivity contribution in [2.45, 2.75) is 13.3 Å². The molecule has 4 heteroatoms. The predicted molar refractivity (Wildman–Crippen MR) is 61.0 cm³/mol. The Balaban J connectivity index is 2.63. The Hall–Kier alpha value is -1.03. The normalized spacial score (nSPS) is 9.80. The van der Waals surface area contributed by atoms with Gasteiger partial charge in [0.2, 0.25) is 0 Å². The van der Waals surface area contributed by atoms with Crippen LogP contribution in [0.1, 0.15) is 12.5 Å². The molecular weight excluding hydrogens is 260 g/mol. The fourth-order valence-corrected chi connectivity index (χ4v) is 1.57. The van der Waals surface area contributed by atoms with Crippen LogP contribution < -0.4 is 4.74 Å². The standard InChI is InChI=1S/C11H13BrO3/c1-8(13)15-6-5-9-3-4-10(12)7-11(9)14-2/h3-4,7H,5-6H2,1-2H3. The summed E-state index contributed by atoms with van der Waals surface area (Å²) in [6.45, 7) is 1.78. The molecule has 15 heavy (non-hydrogen) atoms. The number of ether oxygens (including phenoxy) is 2. The highest BCUT2D eigenvalue weighted by Crippen LogP contribution is 2.23. The van der Waals surface area contributed by atoms with Crippen molar-refractivity contribution < 1.29 is 14.3 Å². The van der Waals surface area contributed by atoms with E-state index in [0.717, 1.165) is 15.8 Å². The second kappa shape index (κ2) is 5.75. The number of carbonyl (C=O) groups is 1. The molecule has 0 heterocycles. The van der Waals surface area contributed by atoms with Crippen LogP contribution >= 0.6 is 15.9 Å². The van der Waals surface area contributed by atoms with Gasteiger partial charge in [0.15, 0.2) is 0 Å². The molecule has 0 aliphatic carbocycles. The summed E-state index contributed by atoms with van der Waals surface area (Å²) in [6, 6.07) is 5.78. The quantitative estimate of drug-likeness (QED) is 0.791. The SMILES string of the molecule is COc1cc(Br)ccc1CCOC(C)=O. The summed E-state index contributed by atoms with van der Waals surface area (Å²) in [7, 11) is 1.62. The molecule has 0 fully saturated rings. The van der Waals surface area contributed by atoms with Crippen molar-refractivity contribution in [1.29, 1.82) is 0 Å². The van der Waals surface area contributed by atoms with Crippen LogP contribution in [0.15, 0.2) is 22.7 Å². The summed E-state index contributed by atoms with van der Waals surface area (Å²) < 4.78 is 11.1. The first-order valence-electron chi connectivity index (χ1n) is 4.59. The number of benzene rings is 1. The van der Waals surface area contributed by atoms with Gasteiger partial charge < -0.3 is 9.47 Å². The average Bonchev–Trinajstić information content (AvgIpc) is 2.19. The maximum absolute atomic E-state index is 10.6. The van der Waals surface area contributed by atoms with E-state index >= 15 is 0 Å². The van der Waals surface area contributed by atoms with Gasteiger partial charge in [-0.3, -0.25) is 4.79 Å². The Morgan fingerprint density at radius 3 is 2.80 bits per heavy atom. The molecule has 0 aliphatic rings. The van der Waals surface area contributed by atoms with E-state index in [9.17, 15) is 4.79 Å². The van der Waals surface area contributed by atoms with Crippen LogP contribution in [-0.2, 0) is 16.0 Å². The number of methoxy groups -OCH3 is 1. The summed E-state index contributed by atoms with van der Waals surface area (Å²) in [5.74, 6) is 0.544. The Morgan fingerprint density at radius 1 is 1.47 bits per heavy atom. The van der Waals surface area contributed by atoms with E-state index < -0.39 is 0 Å². The molecule has 0 radical (unpaired) electrons. The molecule has 82 valence electrons. The first-order chi connectivity index (χ1) is 7.13. The maximum Gasteiger partial charge on any atom is 0.302 e. The number of esters is 1. The van der Waals surface area contributed by atoms with Crippen molar-refractivity contribution >= 4 is 21.9 Å². The molecule has 1 aromatic rings.